The van der Waals surface area contributed by atoms with E-state index in [4.69, 9.17) is 9.26 Å². The number of carbonyl (C=O) groups excluding carboxylic acids is 1. The van der Waals surface area contributed by atoms with Crippen LogP contribution in [0.1, 0.15) is 12.3 Å². The normalized spacial score (nSPS) is 11.4. The Morgan fingerprint density at radius 1 is 1.10 bits per heavy atom. The van der Waals surface area contributed by atoms with Gasteiger partial charge in [-0.1, -0.05) is 35.5 Å². The highest BCUT2D eigenvalue weighted by molar-refractivity contribution is 7.89. The Morgan fingerprint density at radius 3 is 2.59 bits per heavy atom. The highest BCUT2D eigenvalue weighted by Crippen LogP contribution is 2.15. The van der Waals surface area contributed by atoms with Crippen LogP contribution in [0.15, 0.2) is 57.9 Å². The Morgan fingerprint density at radius 2 is 1.86 bits per heavy atom. The molecule has 0 unspecified atom stereocenters. The van der Waals surface area contributed by atoms with Gasteiger partial charge in [0.05, 0.1) is 11.3 Å². The van der Waals surface area contributed by atoms with Gasteiger partial charge in [0.2, 0.25) is 15.8 Å². The van der Waals surface area contributed by atoms with Crippen LogP contribution in [0.5, 0.6) is 0 Å². The van der Waals surface area contributed by atoms with Gasteiger partial charge in [0, 0.05) is 12.1 Å². The molecule has 0 saturated carbocycles. The molecule has 29 heavy (non-hydrogen) atoms. The molecule has 152 valence electrons. The molecule has 1 heterocycles. The molecule has 3 rings (SSSR count). The summed E-state index contributed by atoms with van der Waals surface area (Å²) in [6.45, 7) is -0.562. The maximum absolute atomic E-state index is 13.2. The van der Waals surface area contributed by atoms with Crippen molar-refractivity contribution in [1.82, 2.24) is 14.9 Å². The van der Waals surface area contributed by atoms with Gasteiger partial charge in [0.25, 0.3) is 5.89 Å². The molecule has 3 aromatic rings. The second-order valence-corrected chi connectivity index (χ2v) is 7.53. The van der Waals surface area contributed by atoms with Gasteiger partial charge in [0.15, 0.2) is 18.2 Å². The highest BCUT2D eigenvalue weighted by atomic mass is 32.2. The second kappa shape index (κ2) is 8.88. The van der Waals surface area contributed by atoms with Gasteiger partial charge in [-0.3, -0.25) is 4.79 Å². The molecule has 0 aliphatic rings. The Bertz CT molecular complexity index is 1100. The van der Waals surface area contributed by atoms with Crippen molar-refractivity contribution in [1.29, 1.82) is 0 Å². The molecule has 0 bridgehead atoms. The number of nitrogens with one attached hydrogen (secondary N) is 1. The van der Waals surface area contributed by atoms with Crippen LogP contribution in [-0.2, 0) is 26.2 Å². The monoisotopic (exact) mass is 423 g/mol. The Labute approximate surface area is 164 Å². The summed E-state index contributed by atoms with van der Waals surface area (Å²) in [6, 6.07) is 11.2. The summed E-state index contributed by atoms with van der Waals surface area (Å²) in [6.07, 6.45) is -0.289. The van der Waals surface area contributed by atoms with Crippen LogP contribution in [-0.4, -0.2) is 31.1 Å². The standard InChI is InChI=1S/C18H15F2N3O5S/c19-14-7-6-13(10-15(14)20)29(25,26)21-9-8-17(24)27-11-16-22-18(23-28-16)12-4-2-1-3-5-12/h1-7,10,21H,8-9,11H2. The first-order valence-corrected chi connectivity index (χ1v) is 9.82. The van der Waals surface area contributed by atoms with Crippen LogP contribution in [0.25, 0.3) is 11.4 Å². The van der Waals surface area contributed by atoms with Crippen LogP contribution in [0, 0.1) is 11.6 Å². The quantitative estimate of drug-likeness (QED) is 0.554. The SMILES string of the molecule is O=C(CCNS(=O)(=O)c1ccc(F)c(F)c1)OCc1nc(-c2ccccc2)no1. The number of halogens is 2. The molecule has 0 aliphatic heterocycles. The number of aromatic nitrogens is 2. The summed E-state index contributed by atoms with van der Waals surface area (Å²) >= 11 is 0. The lowest BCUT2D eigenvalue weighted by atomic mass is 10.2. The van der Waals surface area contributed by atoms with Crippen molar-refractivity contribution in [3.05, 3.63) is 66.1 Å². The minimum atomic E-state index is -4.09. The van der Waals surface area contributed by atoms with E-state index in [0.717, 1.165) is 11.6 Å². The number of nitrogens with zero attached hydrogens (tertiary/aromatic N) is 2. The van der Waals surface area contributed by atoms with Gasteiger partial charge in [-0.15, -0.1) is 0 Å². The van der Waals surface area contributed by atoms with Crippen molar-refractivity contribution in [3.63, 3.8) is 0 Å². The summed E-state index contributed by atoms with van der Waals surface area (Å²) in [5.74, 6) is -2.74. The zero-order valence-electron chi connectivity index (χ0n) is 14.8. The summed E-state index contributed by atoms with van der Waals surface area (Å²) in [5, 5.41) is 3.78. The number of esters is 1. The molecule has 0 aliphatic carbocycles. The molecular formula is C18H15F2N3O5S. The van der Waals surface area contributed by atoms with Crippen LogP contribution in [0.2, 0.25) is 0 Å². The first kappa shape index (κ1) is 20.6. The van der Waals surface area contributed by atoms with Crippen LogP contribution in [0.3, 0.4) is 0 Å². The number of ether oxygens (including phenoxy) is 1. The molecule has 0 amide bonds. The van der Waals surface area contributed by atoms with Gasteiger partial charge in [-0.25, -0.2) is 21.9 Å². The Kier molecular flexibility index (Phi) is 6.29. The van der Waals surface area contributed by atoms with Gasteiger partial charge in [0.1, 0.15) is 0 Å². The van der Waals surface area contributed by atoms with Crippen LogP contribution >= 0.6 is 0 Å². The third-order valence-corrected chi connectivity index (χ3v) is 5.14. The average molecular weight is 423 g/mol. The maximum atomic E-state index is 13.2. The first-order chi connectivity index (χ1) is 13.8. The van der Waals surface area contributed by atoms with Crippen molar-refractivity contribution in [2.24, 2.45) is 0 Å². The van der Waals surface area contributed by atoms with E-state index in [1.807, 2.05) is 18.2 Å². The van der Waals surface area contributed by atoms with Gasteiger partial charge >= 0.3 is 5.97 Å². The van der Waals surface area contributed by atoms with Gasteiger partial charge in [-0.2, -0.15) is 4.98 Å². The van der Waals surface area contributed by atoms with E-state index in [0.29, 0.717) is 18.0 Å². The first-order valence-electron chi connectivity index (χ1n) is 8.33. The highest BCUT2D eigenvalue weighted by Gasteiger charge is 2.17. The lowest BCUT2D eigenvalue weighted by Crippen LogP contribution is -2.27. The summed E-state index contributed by atoms with van der Waals surface area (Å²) < 4.78 is 62.1. The van der Waals surface area contributed by atoms with Crippen molar-refractivity contribution in [3.8, 4) is 11.4 Å². The van der Waals surface area contributed by atoms with E-state index < -0.39 is 32.5 Å². The van der Waals surface area contributed by atoms with E-state index >= 15 is 0 Å². The molecule has 0 fully saturated rings. The fraction of sp³-hybridized carbons (Fsp3) is 0.167. The topological polar surface area (TPSA) is 111 Å². The minimum Gasteiger partial charge on any atom is -0.456 e. The van der Waals surface area contributed by atoms with Crippen molar-refractivity contribution >= 4 is 16.0 Å². The average Bonchev–Trinajstić information content (AvgIpc) is 3.18. The third-order valence-electron chi connectivity index (χ3n) is 3.68. The smallest absolute Gasteiger partial charge is 0.307 e. The predicted octanol–water partition coefficient (Wildman–Crippen LogP) is 2.43. The fourth-order valence-electron chi connectivity index (χ4n) is 2.25. The number of sulfonamides is 1. The van der Waals surface area contributed by atoms with E-state index in [-0.39, 0.29) is 25.5 Å². The minimum absolute atomic E-state index is 0.0829. The molecule has 1 aromatic heterocycles. The molecule has 0 radical (unpaired) electrons. The van der Waals surface area contributed by atoms with Gasteiger partial charge in [-0.05, 0) is 18.2 Å². The van der Waals surface area contributed by atoms with E-state index in [9.17, 15) is 22.0 Å². The zero-order chi connectivity index (χ0) is 20.9. The lowest BCUT2D eigenvalue weighted by molar-refractivity contribution is -0.145. The molecule has 0 atom stereocenters. The second-order valence-electron chi connectivity index (χ2n) is 5.76. The van der Waals surface area contributed by atoms with Crippen molar-refractivity contribution in [2.45, 2.75) is 17.9 Å². The summed E-state index contributed by atoms with van der Waals surface area (Å²) in [4.78, 5) is 15.4. The predicted molar refractivity (Wildman–Crippen MR) is 95.7 cm³/mol. The van der Waals surface area contributed by atoms with Crippen molar-refractivity contribution < 1.29 is 31.3 Å². The fourth-order valence-corrected chi connectivity index (χ4v) is 3.29. The third kappa shape index (κ3) is 5.42. The van der Waals surface area contributed by atoms with Crippen molar-refractivity contribution in [2.75, 3.05) is 6.54 Å². The summed E-state index contributed by atoms with van der Waals surface area (Å²) in [7, 11) is -4.09. The molecule has 11 heteroatoms. The largest absolute Gasteiger partial charge is 0.456 e. The molecule has 0 spiro atoms. The van der Waals surface area contributed by atoms with E-state index in [2.05, 4.69) is 14.9 Å². The Balaban J connectivity index is 1.47. The molecule has 8 nitrogen and oxygen atoms in total. The number of carbonyl (C=O) groups is 1. The number of rotatable bonds is 8. The molecule has 1 N–H and O–H groups in total. The molecule has 0 saturated heterocycles. The number of hydrogen-bond donors (Lipinski definition) is 1. The van der Waals surface area contributed by atoms with Gasteiger partial charge < -0.3 is 9.26 Å². The molecular weight excluding hydrogens is 408 g/mol. The summed E-state index contributed by atoms with van der Waals surface area (Å²) in [5.41, 5.74) is 0.737. The van der Waals surface area contributed by atoms with E-state index in [1.54, 1.807) is 12.1 Å². The van der Waals surface area contributed by atoms with Crippen LogP contribution in [0.4, 0.5) is 8.78 Å². The van der Waals surface area contributed by atoms with Crippen LogP contribution < -0.4 is 4.72 Å². The van der Waals surface area contributed by atoms with E-state index in [1.165, 1.54) is 0 Å². The maximum Gasteiger partial charge on any atom is 0.307 e. The Hall–Kier alpha value is -3.18. The number of hydrogen-bond acceptors (Lipinski definition) is 7. The zero-order valence-corrected chi connectivity index (χ0v) is 15.7. The number of benzene rings is 2. The lowest BCUT2D eigenvalue weighted by Gasteiger charge is -2.07. The molecule has 2 aromatic carbocycles.